The molecule has 2 rings (SSSR count). The number of rotatable bonds is 4. The zero-order chi connectivity index (χ0) is 12.7. The molecule has 1 aromatic heterocycles. The Morgan fingerprint density at radius 1 is 1.29 bits per heavy atom. The normalized spacial score (nSPS) is 17.8. The zero-order valence-corrected chi connectivity index (χ0v) is 11.1. The molecule has 1 fully saturated rings. The minimum absolute atomic E-state index is 0.398. The maximum Gasteiger partial charge on any atom is 0.223 e. The fourth-order valence-electron chi connectivity index (χ4n) is 1.86. The first-order valence-electron chi connectivity index (χ1n) is 5.58. The Bertz CT molecular complexity index is 515. The lowest BCUT2D eigenvalue weighted by Crippen LogP contribution is -2.30. The Labute approximate surface area is 102 Å². The predicted octanol–water partition coefficient (Wildman–Crippen LogP) is 1.08. The van der Waals surface area contributed by atoms with Crippen LogP contribution in [0.5, 0.6) is 0 Å². The number of aryl methyl sites for hydroxylation is 2. The first-order valence-corrected chi connectivity index (χ1v) is 7.47. The minimum atomic E-state index is -3.00. The number of sulfone groups is 1. The topological polar surface area (TPSA) is 72.0 Å². The van der Waals surface area contributed by atoms with E-state index >= 15 is 0 Å². The molecule has 1 aliphatic rings. The van der Waals surface area contributed by atoms with E-state index in [4.69, 9.17) is 0 Å². The third-order valence-electron chi connectivity index (χ3n) is 3.15. The van der Waals surface area contributed by atoms with Gasteiger partial charge in [0.1, 0.15) is 0 Å². The Kier molecular flexibility index (Phi) is 2.85. The van der Waals surface area contributed by atoms with Crippen LogP contribution in [0.4, 0.5) is 5.95 Å². The summed E-state index contributed by atoms with van der Waals surface area (Å²) in [6.07, 6.45) is 2.75. The van der Waals surface area contributed by atoms with Crippen LogP contribution in [0.2, 0.25) is 0 Å². The summed E-state index contributed by atoms with van der Waals surface area (Å²) in [4.78, 5) is 8.46. The molecule has 1 heterocycles. The zero-order valence-electron chi connectivity index (χ0n) is 10.3. The highest BCUT2D eigenvalue weighted by Gasteiger charge is 2.51. The third-order valence-corrected chi connectivity index (χ3v) is 5.27. The molecule has 0 aromatic carbocycles. The number of hydrogen-bond acceptors (Lipinski definition) is 5. The fraction of sp³-hybridized carbons (Fsp3) is 0.636. The molecule has 6 heteroatoms. The summed E-state index contributed by atoms with van der Waals surface area (Å²) in [5.41, 5.74) is 1.76. The molecule has 94 valence electrons. The van der Waals surface area contributed by atoms with Crippen LogP contribution in [0, 0.1) is 13.8 Å². The van der Waals surface area contributed by atoms with Crippen molar-refractivity contribution < 1.29 is 8.42 Å². The maximum absolute atomic E-state index is 11.6. The number of nitrogens with zero attached hydrogens (tertiary/aromatic N) is 2. The van der Waals surface area contributed by atoms with E-state index in [0.717, 1.165) is 24.2 Å². The van der Waals surface area contributed by atoms with Gasteiger partial charge in [0.2, 0.25) is 5.95 Å². The molecule has 17 heavy (non-hydrogen) atoms. The van der Waals surface area contributed by atoms with E-state index in [9.17, 15) is 8.42 Å². The molecule has 0 bridgehead atoms. The van der Waals surface area contributed by atoms with Gasteiger partial charge in [-0.2, -0.15) is 0 Å². The van der Waals surface area contributed by atoms with Crippen molar-refractivity contribution in [1.82, 2.24) is 9.97 Å². The molecule has 1 saturated carbocycles. The smallest absolute Gasteiger partial charge is 0.223 e. The van der Waals surface area contributed by atoms with E-state index in [1.54, 1.807) is 0 Å². The average Bonchev–Trinajstić information content (AvgIpc) is 2.92. The van der Waals surface area contributed by atoms with Crippen molar-refractivity contribution >= 4 is 15.8 Å². The minimum Gasteiger partial charge on any atom is -0.353 e. The number of nitrogens with one attached hydrogen (secondary N) is 1. The SMILES string of the molecule is Cc1cc(C)nc(NCC2(S(C)(=O)=O)CC2)n1. The van der Waals surface area contributed by atoms with Gasteiger partial charge in [-0.15, -0.1) is 0 Å². The lowest BCUT2D eigenvalue weighted by atomic mass is 10.3. The quantitative estimate of drug-likeness (QED) is 0.871. The monoisotopic (exact) mass is 255 g/mol. The second kappa shape index (κ2) is 3.94. The van der Waals surface area contributed by atoms with E-state index in [-0.39, 0.29) is 0 Å². The summed E-state index contributed by atoms with van der Waals surface area (Å²) < 4.78 is 22.6. The molecule has 1 aromatic rings. The molecule has 0 radical (unpaired) electrons. The molecule has 1 N–H and O–H groups in total. The van der Waals surface area contributed by atoms with Crippen LogP contribution in [0.1, 0.15) is 24.2 Å². The molecule has 5 nitrogen and oxygen atoms in total. The molecule has 0 spiro atoms. The number of aromatic nitrogens is 2. The maximum atomic E-state index is 11.6. The number of hydrogen-bond donors (Lipinski definition) is 1. The molecular weight excluding hydrogens is 238 g/mol. The second-order valence-corrected chi connectivity index (χ2v) is 7.19. The van der Waals surface area contributed by atoms with E-state index < -0.39 is 14.6 Å². The largest absolute Gasteiger partial charge is 0.353 e. The van der Waals surface area contributed by atoms with Crippen LogP contribution in [0.25, 0.3) is 0 Å². The van der Waals surface area contributed by atoms with E-state index in [0.29, 0.717) is 12.5 Å². The van der Waals surface area contributed by atoms with E-state index in [1.165, 1.54) is 6.26 Å². The van der Waals surface area contributed by atoms with Gasteiger partial charge in [0, 0.05) is 24.2 Å². The van der Waals surface area contributed by atoms with Crippen LogP contribution in [-0.2, 0) is 9.84 Å². The van der Waals surface area contributed by atoms with Gasteiger partial charge in [0.05, 0.1) is 4.75 Å². The predicted molar refractivity (Wildman–Crippen MR) is 66.8 cm³/mol. The van der Waals surface area contributed by atoms with Crippen molar-refractivity contribution in [3.8, 4) is 0 Å². The van der Waals surface area contributed by atoms with Gasteiger partial charge in [-0.3, -0.25) is 0 Å². The van der Waals surface area contributed by atoms with Crippen LogP contribution >= 0.6 is 0 Å². The summed E-state index contributed by atoms with van der Waals surface area (Å²) in [6.45, 7) is 4.18. The Morgan fingerprint density at radius 3 is 2.24 bits per heavy atom. The molecule has 0 atom stereocenters. The molecule has 0 unspecified atom stereocenters. The summed E-state index contributed by atoms with van der Waals surface area (Å²) in [7, 11) is -3.00. The van der Waals surface area contributed by atoms with Gasteiger partial charge >= 0.3 is 0 Å². The van der Waals surface area contributed by atoms with Crippen LogP contribution in [-0.4, -0.2) is 35.9 Å². The van der Waals surface area contributed by atoms with Crippen molar-refractivity contribution in [2.75, 3.05) is 18.1 Å². The van der Waals surface area contributed by atoms with Crippen LogP contribution in [0.15, 0.2) is 6.07 Å². The first-order chi connectivity index (χ1) is 7.82. The standard InChI is InChI=1S/C11H17N3O2S/c1-8-6-9(2)14-10(13-8)12-7-11(4-5-11)17(3,15)16/h6H,4-5,7H2,1-3H3,(H,12,13,14). The Balaban J connectivity index is 2.09. The van der Waals surface area contributed by atoms with Crippen molar-refractivity contribution in [2.45, 2.75) is 31.4 Å². The Morgan fingerprint density at radius 2 is 1.82 bits per heavy atom. The van der Waals surface area contributed by atoms with Gasteiger partial charge in [0.15, 0.2) is 9.84 Å². The van der Waals surface area contributed by atoms with Gasteiger partial charge < -0.3 is 5.32 Å². The van der Waals surface area contributed by atoms with E-state index in [1.807, 2.05) is 19.9 Å². The lowest BCUT2D eigenvalue weighted by Gasteiger charge is -2.14. The summed E-state index contributed by atoms with van der Waals surface area (Å²) in [5.74, 6) is 0.512. The van der Waals surface area contributed by atoms with Gasteiger partial charge in [-0.05, 0) is 32.8 Å². The molecule has 0 amide bonds. The fourth-order valence-corrected chi connectivity index (χ4v) is 3.04. The number of anilines is 1. The summed E-state index contributed by atoms with van der Waals surface area (Å²) >= 11 is 0. The van der Waals surface area contributed by atoms with Gasteiger partial charge in [-0.25, -0.2) is 18.4 Å². The molecule has 0 aliphatic heterocycles. The molecule has 1 aliphatic carbocycles. The van der Waals surface area contributed by atoms with E-state index in [2.05, 4.69) is 15.3 Å². The highest BCUT2D eigenvalue weighted by atomic mass is 32.2. The highest BCUT2D eigenvalue weighted by molar-refractivity contribution is 7.92. The van der Waals surface area contributed by atoms with Gasteiger partial charge in [0.25, 0.3) is 0 Å². The van der Waals surface area contributed by atoms with Crippen molar-refractivity contribution in [3.05, 3.63) is 17.5 Å². The molecular formula is C11H17N3O2S. The summed E-state index contributed by atoms with van der Waals surface area (Å²) in [6, 6.07) is 1.88. The molecule has 0 saturated heterocycles. The van der Waals surface area contributed by atoms with Crippen molar-refractivity contribution in [2.24, 2.45) is 0 Å². The summed E-state index contributed by atoms with van der Waals surface area (Å²) in [5, 5.41) is 3.03. The second-order valence-electron chi connectivity index (χ2n) is 4.78. The van der Waals surface area contributed by atoms with Crippen molar-refractivity contribution in [3.63, 3.8) is 0 Å². The van der Waals surface area contributed by atoms with Gasteiger partial charge in [-0.1, -0.05) is 0 Å². The average molecular weight is 255 g/mol. The third kappa shape index (κ3) is 2.57. The lowest BCUT2D eigenvalue weighted by molar-refractivity contribution is 0.585. The highest BCUT2D eigenvalue weighted by Crippen LogP contribution is 2.42. The van der Waals surface area contributed by atoms with Crippen LogP contribution in [0.3, 0.4) is 0 Å². The van der Waals surface area contributed by atoms with Crippen molar-refractivity contribution in [1.29, 1.82) is 0 Å². The van der Waals surface area contributed by atoms with Crippen LogP contribution < -0.4 is 5.32 Å². The first kappa shape index (κ1) is 12.3. The Hall–Kier alpha value is -1.17.